The normalized spacial score (nSPS) is 10.7. The smallest absolute Gasteiger partial charge is 0.151 e. The van der Waals surface area contributed by atoms with Crippen molar-refractivity contribution < 1.29 is 4.39 Å². The van der Waals surface area contributed by atoms with E-state index in [1.165, 1.54) is 17.5 Å². The van der Waals surface area contributed by atoms with E-state index in [0.29, 0.717) is 10.6 Å². The van der Waals surface area contributed by atoms with Crippen LogP contribution in [-0.4, -0.2) is 16.5 Å². The van der Waals surface area contributed by atoms with Gasteiger partial charge in [-0.05, 0) is 19.0 Å². The van der Waals surface area contributed by atoms with Crippen LogP contribution >= 0.6 is 11.3 Å². The molecule has 0 saturated heterocycles. The van der Waals surface area contributed by atoms with E-state index < -0.39 is 0 Å². The van der Waals surface area contributed by atoms with Crippen molar-refractivity contribution in [3.05, 3.63) is 35.4 Å². The van der Waals surface area contributed by atoms with Crippen molar-refractivity contribution in [1.29, 1.82) is 0 Å². The number of rotatable bonds is 5. The minimum Gasteiger partial charge on any atom is -0.311 e. The second kappa shape index (κ2) is 5.84. The van der Waals surface area contributed by atoms with E-state index in [1.54, 1.807) is 12.3 Å². The molecule has 90 valence electrons. The van der Waals surface area contributed by atoms with Gasteiger partial charge in [-0.15, -0.1) is 11.3 Å². The lowest BCUT2D eigenvalue weighted by molar-refractivity contribution is 0.624. The summed E-state index contributed by atoms with van der Waals surface area (Å²) in [6, 6.07) is 1.65. The first-order valence-electron chi connectivity index (χ1n) is 5.56. The summed E-state index contributed by atoms with van der Waals surface area (Å²) in [5.41, 5.74) is 1.47. The third-order valence-electron chi connectivity index (χ3n) is 2.29. The van der Waals surface area contributed by atoms with Gasteiger partial charge in [-0.2, -0.15) is 0 Å². The first-order valence-corrected chi connectivity index (χ1v) is 6.44. The molecule has 17 heavy (non-hydrogen) atoms. The van der Waals surface area contributed by atoms with E-state index in [0.717, 1.165) is 25.2 Å². The molecule has 2 aromatic rings. The van der Waals surface area contributed by atoms with Crippen LogP contribution in [0.5, 0.6) is 0 Å². The van der Waals surface area contributed by atoms with E-state index in [9.17, 15) is 4.39 Å². The van der Waals surface area contributed by atoms with Gasteiger partial charge in [0.15, 0.2) is 5.82 Å². The number of aromatic nitrogens is 2. The number of nitrogens with one attached hydrogen (secondary N) is 1. The van der Waals surface area contributed by atoms with Crippen molar-refractivity contribution >= 4 is 11.3 Å². The minimum absolute atomic E-state index is 0.324. The molecule has 0 spiro atoms. The van der Waals surface area contributed by atoms with Crippen molar-refractivity contribution in [3.8, 4) is 10.6 Å². The average Bonchev–Trinajstić information content (AvgIpc) is 2.79. The molecule has 1 N–H and O–H groups in total. The van der Waals surface area contributed by atoms with Crippen LogP contribution in [0.4, 0.5) is 4.39 Å². The summed E-state index contributed by atoms with van der Waals surface area (Å²) in [6.07, 6.45) is 3.89. The van der Waals surface area contributed by atoms with Gasteiger partial charge in [0.2, 0.25) is 0 Å². The number of halogens is 1. The van der Waals surface area contributed by atoms with E-state index in [4.69, 9.17) is 0 Å². The van der Waals surface area contributed by atoms with Gasteiger partial charge >= 0.3 is 0 Å². The molecule has 2 heterocycles. The summed E-state index contributed by atoms with van der Waals surface area (Å²) in [7, 11) is 0. The number of hydrogen-bond acceptors (Lipinski definition) is 4. The Morgan fingerprint density at radius 1 is 1.47 bits per heavy atom. The summed E-state index contributed by atoms with van der Waals surface area (Å²) in [5.74, 6) is -0.324. The third kappa shape index (κ3) is 3.08. The Hall–Kier alpha value is -1.33. The maximum atomic E-state index is 13.5. The van der Waals surface area contributed by atoms with Crippen LogP contribution < -0.4 is 5.32 Å². The van der Waals surface area contributed by atoms with E-state index in [1.807, 2.05) is 5.38 Å². The van der Waals surface area contributed by atoms with Crippen molar-refractivity contribution in [2.45, 2.75) is 19.9 Å². The zero-order chi connectivity index (χ0) is 12.1. The van der Waals surface area contributed by atoms with Gasteiger partial charge in [0.05, 0.1) is 11.9 Å². The summed E-state index contributed by atoms with van der Waals surface area (Å²) >= 11 is 1.46. The molecular formula is C12H14FN3S. The minimum atomic E-state index is -0.324. The average molecular weight is 251 g/mol. The third-order valence-corrected chi connectivity index (χ3v) is 3.21. The quantitative estimate of drug-likeness (QED) is 0.830. The molecule has 0 amide bonds. The number of hydrogen-bond donors (Lipinski definition) is 1. The monoisotopic (exact) mass is 251 g/mol. The highest BCUT2D eigenvalue weighted by atomic mass is 32.1. The number of thiazole rings is 1. The predicted octanol–water partition coefficient (Wildman–Crippen LogP) is 2.84. The summed E-state index contributed by atoms with van der Waals surface area (Å²) in [4.78, 5) is 8.13. The van der Waals surface area contributed by atoms with E-state index in [2.05, 4.69) is 22.2 Å². The Labute approximate surface area is 104 Å². The Kier molecular flexibility index (Phi) is 4.17. The largest absolute Gasteiger partial charge is 0.311 e. The van der Waals surface area contributed by atoms with Crippen LogP contribution in [0.15, 0.2) is 23.8 Å². The van der Waals surface area contributed by atoms with Crippen molar-refractivity contribution in [2.24, 2.45) is 0 Å². The highest BCUT2D eigenvalue weighted by molar-refractivity contribution is 7.13. The molecule has 0 saturated carbocycles. The summed E-state index contributed by atoms with van der Waals surface area (Å²) in [5, 5.41) is 5.93. The van der Waals surface area contributed by atoms with Gasteiger partial charge in [-0.3, -0.25) is 4.98 Å². The standard InChI is InChI=1S/C12H14FN3S/c1-2-4-14-6-9-8-17-12(16-9)10-3-5-15-7-11(10)13/h3,5,7-8,14H,2,4,6H2,1H3. The maximum absolute atomic E-state index is 13.5. The fraction of sp³-hybridized carbons (Fsp3) is 0.333. The van der Waals surface area contributed by atoms with Crippen molar-refractivity contribution in [2.75, 3.05) is 6.54 Å². The summed E-state index contributed by atoms with van der Waals surface area (Å²) < 4.78 is 13.5. The molecule has 0 bridgehead atoms. The van der Waals surface area contributed by atoms with Gasteiger partial charge in [-0.25, -0.2) is 9.37 Å². The molecule has 0 radical (unpaired) electrons. The molecule has 0 atom stereocenters. The molecule has 0 aliphatic heterocycles. The molecule has 2 aromatic heterocycles. The van der Waals surface area contributed by atoms with Gasteiger partial charge in [-0.1, -0.05) is 6.92 Å². The number of nitrogens with zero attached hydrogens (tertiary/aromatic N) is 2. The Morgan fingerprint density at radius 3 is 3.12 bits per heavy atom. The fourth-order valence-electron chi connectivity index (χ4n) is 1.45. The molecular weight excluding hydrogens is 237 g/mol. The van der Waals surface area contributed by atoms with E-state index >= 15 is 0 Å². The van der Waals surface area contributed by atoms with Gasteiger partial charge < -0.3 is 5.32 Å². The zero-order valence-electron chi connectivity index (χ0n) is 9.61. The zero-order valence-corrected chi connectivity index (χ0v) is 10.4. The fourth-order valence-corrected chi connectivity index (χ4v) is 2.30. The molecule has 0 unspecified atom stereocenters. The first-order chi connectivity index (χ1) is 8.31. The molecule has 2 rings (SSSR count). The lowest BCUT2D eigenvalue weighted by Gasteiger charge is -1.99. The predicted molar refractivity (Wildman–Crippen MR) is 67.3 cm³/mol. The van der Waals surface area contributed by atoms with Crippen LogP contribution in [0.2, 0.25) is 0 Å². The lowest BCUT2D eigenvalue weighted by Crippen LogP contribution is -2.13. The van der Waals surface area contributed by atoms with Gasteiger partial charge in [0, 0.05) is 23.7 Å². The van der Waals surface area contributed by atoms with Crippen molar-refractivity contribution in [3.63, 3.8) is 0 Å². The Morgan fingerprint density at radius 2 is 2.35 bits per heavy atom. The summed E-state index contributed by atoms with van der Waals surface area (Å²) in [6.45, 7) is 3.82. The molecule has 0 fully saturated rings. The number of pyridine rings is 1. The Balaban J connectivity index is 2.10. The van der Waals surface area contributed by atoms with Crippen LogP contribution in [0.25, 0.3) is 10.6 Å². The topological polar surface area (TPSA) is 37.8 Å². The highest BCUT2D eigenvalue weighted by Gasteiger charge is 2.08. The van der Waals surface area contributed by atoms with Crippen LogP contribution in [0, 0.1) is 5.82 Å². The van der Waals surface area contributed by atoms with Crippen LogP contribution in [0.3, 0.4) is 0 Å². The van der Waals surface area contributed by atoms with E-state index in [-0.39, 0.29) is 5.82 Å². The van der Waals surface area contributed by atoms with Gasteiger partial charge in [0.25, 0.3) is 0 Å². The molecule has 0 aliphatic rings. The van der Waals surface area contributed by atoms with Crippen molar-refractivity contribution in [1.82, 2.24) is 15.3 Å². The second-order valence-electron chi connectivity index (χ2n) is 3.68. The Bertz CT molecular complexity index is 484. The van der Waals surface area contributed by atoms with Crippen LogP contribution in [-0.2, 0) is 6.54 Å². The SMILES string of the molecule is CCCNCc1csc(-c2ccncc2F)n1. The molecule has 3 nitrogen and oxygen atoms in total. The maximum Gasteiger partial charge on any atom is 0.151 e. The van der Waals surface area contributed by atoms with Gasteiger partial charge in [0.1, 0.15) is 5.01 Å². The van der Waals surface area contributed by atoms with Crippen LogP contribution in [0.1, 0.15) is 19.0 Å². The molecule has 0 aliphatic carbocycles. The second-order valence-corrected chi connectivity index (χ2v) is 4.53. The molecule has 5 heteroatoms. The first kappa shape index (κ1) is 12.1. The highest BCUT2D eigenvalue weighted by Crippen LogP contribution is 2.25. The molecule has 0 aromatic carbocycles. The lowest BCUT2D eigenvalue weighted by atomic mass is 10.3.